The molecule has 2 atom stereocenters. The predicted molar refractivity (Wildman–Crippen MR) is 78.8 cm³/mol. The number of hydrogen-bond donors (Lipinski definition) is 3. The minimum Gasteiger partial charge on any atom is -0.355 e. The van der Waals surface area contributed by atoms with E-state index in [1.54, 1.807) is 6.92 Å². The number of carbonyl (C=O) groups excluding carboxylic acids is 2. The van der Waals surface area contributed by atoms with Crippen LogP contribution < -0.4 is 16.4 Å². The van der Waals surface area contributed by atoms with Gasteiger partial charge in [-0.2, -0.15) is 0 Å². The number of nitrogens with one attached hydrogen (secondary N) is 2. The Kier molecular flexibility index (Phi) is 6.73. The number of nitrogens with two attached hydrogens (primary N) is 1. The van der Waals surface area contributed by atoms with Crippen molar-refractivity contribution in [2.75, 3.05) is 13.1 Å². The molecule has 110 valence electrons. The maximum atomic E-state index is 12.0. The monoisotopic (exact) mass is 277 g/mol. The number of rotatable bonds is 7. The zero-order valence-corrected chi connectivity index (χ0v) is 12.1. The minimum atomic E-state index is -0.392. The fourth-order valence-electron chi connectivity index (χ4n) is 1.78. The highest BCUT2D eigenvalue weighted by Crippen LogP contribution is 2.18. The number of amides is 2. The van der Waals surface area contributed by atoms with Gasteiger partial charge in [-0.15, -0.1) is 0 Å². The van der Waals surface area contributed by atoms with Crippen molar-refractivity contribution in [3.63, 3.8) is 0 Å². The van der Waals surface area contributed by atoms with Crippen LogP contribution in [0.5, 0.6) is 0 Å². The normalized spacial score (nSPS) is 13.3. The van der Waals surface area contributed by atoms with Gasteiger partial charge in [0, 0.05) is 12.6 Å². The molecule has 1 rings (SSSR count). The molecule has 2 unspecified atom stereocenters. The van der Waals surface area contributed by atoms with Crippen LogP contribution in [-0.2, 0) is 9.59 Å². The van der Waals surface area contributed by atoms with Crippen molar-refractivity contribution >= 4 is 11.8 Å². The van der Waals surface area contributed by atoms with Gasteiger partial charge in [0.1, 0.15) is 0 Å². The van der Waals surface area contributed by atoms with Crippen LogP contribution in [-0.4, -0.2) is 24.9 Å². The quantitative estimate of drug-likeness (QED) is 0.694. The van der Waals surface area contributed by atoms with Crippen LogP contribution >= 0.6 is 0 Å². The molecule has 1 aromatic carbocycles. The van der Waals surface area contributed by atoms with Crippen molar-refractivity contribution in [3.05, 3.63) is 35.9 Å². The lowest BCUT2D eigenvalue weighted by atomic mass is 9.95. The third-order valence-corrected chi connectivity index (χ3v) is 3.13. The topological polar surface area (TPSA) is 84.2 Å². The fraction of sp³-hybridized carbons (Fsp3) is 0.467. The Morgan fingerprint density at radius 3 is 2.45 bits per heavy atom. The van der Waals surface area contributed by atoms with Gasteiger partial charge in [-0.05, 0) is 12.0 Å². The molecule has 0 bridgehead atoms. The van der Waals surface area contributed by atoms with E-state index in [9.17, 15) is 9.59 Å². The Balaban J connectivity index is 2.45. The first kappa shape index (κ1) is 16.2. The van der Waals surface area contributed by atoms with Gasteiger partial charge >= 0.3 is 0 Å². The zero-order chi connectivity index (χ0) is 15.0. The maximum absolute atomic E-state index is 12.0. The van der Waals surface area contributed by atoms with Crippen molar-refractivity contribution < 1.29 is 9.59 Å². The lowest BCUT2D eigenvalue weighted by Gasteiger charge is -2.19. The van der Waals surface area contributed by atoms with E-state index < -0.39 is 5.92 Å². The highest BCUT2D eigenvalue weighted by molar-refractivity contribution is 5.86. The highest BCUT2D eigenvalue weighted by Gasteiger charge is 2.22. The van der Waals surface area contributed by atoms with E-state index in [0.717, 1.165) is 12.0 Å². The van der Waals surface area contributed by atoms with Crippen LogP contribution in [0.15, 0.2) is 30.3 Å². The van der Waals surface area contributed by atoms with Gasteiger partial charge < -0.3 is 16.4 Å². The summed E-state index contributed by atoms with van der Waals surface area (Å²) in [6.07, 6.45) is 0.870. The molecular weight excluding hydrogens is 254 g/mol. The smallest absolute Gasteiger partial charge is 0.239 e. The molecule has 5 nitrogen and oxygen atoms in total. The summed E-state index contributed by atoms with van der Waals surface area (Å²) in [6.45, 7) is 4.34. The Hall–Kier alpha value is -1.88. The van der Waals surface area contributed by atoms with E-state index in [2.05, 4.69) is 10.6 Å². The summed E-state index contributed by atoms with van der Waals surface area (Å²) in [5, 5.41) is 5.31. The molecule has 0 radical (unpaired) electrons. The standard InChI is InChI=1S/C15H23N3O2/c1-3-9-17-13(19)10-18-15(20)11(2)14(16)12-7-5-4-6-8-12/h4-8,11,14H,3,9-10,16H2,1-2H3,(H,17,19)(H,18,20). The molecule has 0 spiro atoms. The average molecular weight is 277 g/mol. The van der Waals surface area contributed by atoms with Crippen LogP contribution in [0.1, 0.15) is 31.9 Å². The van der Waals surface area contributed by atoms with Crippen LogP contribution in [0.4, 0.5) is 0 Å². The van der Waals surface area contributed by atoms with Crippen molar-refractivity contribution in [2.24, 2.45) is 11.7 Å². The largest absolute Gasteiger partial charge is 0.355 e. The van der Waals surface area contributed by atoms with Crippen molar-refractivity contribution in [1.29, 1.82) is 0 Å². The molecule has 0 aliphatic rings. The molecule has 2 amide bonds. The van der Waals surface area contributed by atoms with E-state index in [4.69, 9.17) is 5.73 Å². The molecule has 0 fully saturated rings. The Bertz CT molecular complexity index is 434. The third kappa shape index (κ3) is 5.01. The molecule has 0 saturated heterocycles. The highest BCUT2D eigenvalue weighted by atomic mass is 16.2. The maximum Gasteiger partial charge on any atom is 0.239 e. The van der Waals surface area contributed by atoms with Gasteiger partial charge in [0.15, 0.2) is 0 Å². The second-order valence-corrected chi connectivity index (χ2v) is 4.79. The fourth-order valence-corrected chi connectivity index (χ4v) is 1.78. The molecule has 4 N–H and O–H groups in total. The summed E-state index contributed by atoms with van der Waals surface area (Å²) in [5.74, 6) is -0.787. The second-order valence-electron chi connectivity index (χ2n) is 4.79. The van der Waals surface area contributed by atoms with Gasteiger partial charge in [0.25, 0.3) is 0 Å². The zero-order valence-electron chi connectivity index (χ0n) is 12.1. The second kappa shape index (κ2) is 8.32. The lowest BCUT2D eigenvalue weighted by Crippen LogP contribution is -2.41. The minimum absolute atomic E-state index is 0.00924. The first-order valence-corrected chi connectivity index (χ1v) is 6.91. The van der Waals surface area contributed by atoms with Crippen LogP contribution in [0.3, 0.4) is 0 Å². The summed E-state index contributed by atoms with van der Waals surface area (Å²) >= 11 is 0. The first-order valence-electron chi connectivity index (χ1n) is 6.91. The molecule has 0 saturated carbocycles. The summed E-state index contributed by atoms with van der Waals surface area (Å²) in [7, 11) is 0. The van der Waals surface area contributed by atoms with Gasteiger partial charge in [0.05, 0.1) is 12.5 Å². The van der Waals surface area contributed by atoms with Gasteiger partial charge in [-0.1, -0.05) is 44.2 Å². The molecule has 20 heavy (non-hydrogen) atoms. The van der Waals surface area contributed by atoms with Crippen molar-refractivity contribution in [3.8, 4) is 0 Å². The molecule has 0 aliphatic carbocycles. The first-order chi connectivity index (χ1) is 9.56. The number of benzene rings is 1. The Labute approximate surface area is 119 Å². The summed E-state index contributed by atoms with van der Waals surface area (Å²) in [6, 6.07) is 9.08. The predicted octanol–water partition coefficient (Wildman–Crippen LogP) is 0.965. The molecule has 0 aromatic heterocycles. The van der Waals surface area contributed by atoms with E-state index >= 15 is 0 Å². The van der Waals surface area contributed by atoms with Gasteiger partial charge in [0.2, 0.25) is 11.8 Å². The lowest BCUT2D eigenvalue weighted by molar-refractivity contribution is -0.128. The summed E-state index contributed by atoms with van der Waals surface area (Å²) in [5.41, 5.74) is 6.97. The molecule has 0 heterocycles. The number of carbonyl (C=O) groups is 2. The van der Waals surface area contributed by atoms with Crippen LogP contribution in [0.2, 0.25) is 0 Å². The van der Waals surface area contributed by atoms with Crippen molar-refractivity contribution in [1.82, 2.24) is 10.6 Å². The molecule has 0 aliphatic heterocycles. The number of hydrogen-bond acceptors (Lipinski definition) is 3. The third-order valence-electron chi connectivity index (χ3n) is 3.13. The van der Waals surface area contributed by atoms with Gasteiger partial charge in [-0.25, -0.2) is 0 Å². The van der Waals surface area contributed by atoms with Crippen molar-refractivity contribution in [2.45, 2.75) is 26.3 Å². The van der Waals surface area contributed by atoms with E-state index in [1.165, 1.54) is 0 Å². The van der Waals surface area contributed by atoms with Gasteiger partial charge in [-0.3, -0.25) is 9.59 Å². The van der Waals surface area contributed by atoms with Crippen LogP contribution in [0.25, 0.3) is 0 Å². The molecule has 5 heteroatoms. The molecule has 1 aromatic rings. The Morgan fingerprint density at radius 2 is 1.85 bits per heavy atom. The molecular formula is C15H23N3O2. The summed E-state index contributed by atoms with van der Waals surface area (Å²) < 4.78 is 0. The SMILES string of the molecule is CCCNC(=O)CNC(=O)C(C)C(N)c1ccccc1. The van der Waals surface area contributed by atoms with E-state index in [1.807, 2.05) is 37.3 Å². The van der Waals surface area contributed by atoms with E-state index in [0.29, 0.717) is 6.54 Å². The van der Waals surface area contributed by atoms with Crippen LogP contribution in [0, 0.1) is 5.92 Å². The Morgan fingerprint density at radius 1 is 1.20 bits per heavy atom. The van der Waals surface area contributed by atoms with E-state index in [-0.39, 0.29) is 24.4 Å². The average Bonchev–Trinajstić information content (AvgIpc) is 2.49. The summed E-state index contributed by atoms with van der Waals surface area (Å²) in [4.78, 5) is 23.4.